The van der Waals surface area contributed by atoms with Crippen LogP contribution in [0, 0.1) is 0 Å². The number of cyclic esters (lactones) is 1. The van der Waals surface area contributed by atoms with Crippen molar-refractivity contribution in [3.8, 4) is 0 Å². The summed E-state index contributed by atoms with van der Waals surface area (Å²) in [6, 6.07) is -15.8. The summed E-state index contributed by atoms with van der Waals surface area (Å²) in [7, 11) is 0. The van der Waals surface area contributed by atoms with Gasteiger partial charge in [-0.05, 0) is 72.0 Å². The Morgan fingerprint density at radius 1 is 0.627 bits per heavy atom. The number of carboxylic acid groups (broad SMARTS) is 2. The summed E-state index contributed by atoms with van der Waals surface area (Å²) in [4.78, 5) is 162. The molecular weight excluding hydrogens is 1120 g/mol. The summed E-state index contributed by atoms with van der Waals surface area (Å²) < 4.78 is 5.27. The first kappa shape index (κ1) is 74.4. The molecule has 0 aromatic heterocycles. The van der Waals surface area contributed by atoms with Gasteiger partial charge in [0, 0.05) is 0 Å². The molecule has 1 fully saturated rings. The normalized spacial score (nSPS) is 24.5. The quantitative estimate of drug-likeness (QED) is 0.0151. The van der Waals surface area contributed by atoms with E-state index in [0.717, 1.165) is 64.4 Å². The van der Waals surface area contributed by atoms with E-state index in [2.05, 4.69) is 44.1 Å². The first-order valence-electron chi connectivity index (χ1n) is 27.7. The number of alkyl halides is 1. The van der Waals surface area contributed by atoms with Crippen LogP contribution >= 0.6 is 11.6 Å². The third kappa shape index (κ3) is 28.0. The number of allylic oxidation sites excluding steroid dienone is 1. The highest BCUT2D eigenvalue weighted by Gasteiger charge is 2.41. The average molecular weight is 1210 g/mol. The van der Waals surface area contributed by atoms with Crippen LogP contribution in [-0.4, -0.2) is 207 Å². The van der Waals surface area contributed by atoms with Crippen LogP contribution < -0.4 is 65.1 Å². The SMILES string of the molecule is C/C=C1/NC(=O)[C@H]([C@H](C)O)NC(=O)[C@H](CCN)NC(=O)[C@H](CCCCN)NC(=O)[C@H](CC(=O)O)NC(=O)[C@@H](CCN)NC(=O)[C@@H](NC(=O)C[C@H](O)CCCCCCCCCCC)COC(=O)[C@H]([C@H](O)CCl)NC(=O)[C@H]([C@H](O)C(=O)O)NC1=O. The summed E-state index contributed by atoms with van der Waals surface area (Å²) in [6.07, 6.45) is -0.358. The van der Waals surface area contributed by atoms with E-state index in [1.165, 1.54) is 6.92 Å². The van der Waals surface area contributed by atoms with Gasteiger partial charge in [-0.25, -0.2) is 9.59 Å². The number of carbonyl (C=O) groups excluding carboxylic acids is 10. The predicted octanol–water partition coefficient (Wildman–Crippen LogP) is -5.16. The number of esters is 1. The lowest BCUT2D eigenvalue weighted by Crippen LogP contribution is -2.62. The molecule has 0 spiro atoms. The van der Waals surface area contributed by atoms with Crippen molar-refractivity contribution in [2.75, 3.05) is 32.1 Å². The first-order chi connectivity index (χ1) is 39.3. The highest BCUT2D eigenvalue weighted by molar-refractivity contribution is 6.18. The molecule has 0 unspecified atom stereocenters. The molecule has 21 N–H and O–H groups in total. The number of carboxylic acids is 2. The van der Waals surface area contributed by atoms with Crippen molar-refractivity contribution in [2.24, 2.45) is 17.2 Å². The Balaban J connectivity index is 4.01. The molecule has 12 atom stereocenters. The number of nitrogens with one attached hydrogen (secondary N) is 9. The Bertz CT molecular complexity index is 2190. The van der Waals surface area contributed by atoms with E-state index in [-0.39, 0.29) is 45.3 Å². The van der Waals surface area contributed by atoms with Crippen molar-refractivity contribution >= 4 is 82.7 Å². The third-order valence-corrected chi connectivity index (χ3v) is 13.3. The van der Waals surface area contributed by atoms with Crippen LogP contribution in [0.15, 0.2) is 11.8 Å². The summed E-state index contributed by atoms with van der Waals surface area (Å²) in [5, 5.41) is 82.1. The molecular formula is C51H87ClN12O19. The monoisotopic (exact) mass is 1210 g/mol. The van der Waals surface area contributed by atoms with Gasteiger partial charge in [-0.1, -0.05) is 70.8 Å². The Labute approximate surface area is 485 Å². The van der Waals surface area contributed by atoms with Gasteiger partial charge in [0.15, 0.2) is 12.1 Å². The second kappa shape index (κ2) is 40.6. The van der Waals surface area contributed by atoms with Crippen LogP contribution in [0.4, 0.5) is 0 Å². The second-order valence-electron chi connectivity index (χ2n) is 19.9. The zero-order valence-corrected chi connectivity index (χ0v) is 47.9. The summed E-state index contributed by atoms with van der Waals surface area (Å²) >= 11 is 5.85. The largest absolute Gasteiger partial charge is 0.481 e. The minimum atomic E-state index is -2.83. The van der Waals surface area contributed by atoms with Crippen molar-refractivity contribution in [1.82, 2.24) is 47.9 Å². The number of nitrogens with two attached hydrogens (primary N) is 3. The van der Waals surface area contributed by atoms with E-state index >= 15 is 0 Å². The zero-order valence-electron chi connectivity index (χ0n) is 47.2. The second-order valence-corrected chi connectivity index (χ2v) is 20.2. The third-order valence-electron chi connectivity index (χ3n) is 13.0. The van der Waals surface area contributed by atoms with E-state index in [1.54, 1.807) is 0 Å². The standard InChI is InChI=1S/C51H87ClN12O19/c1-4-6-7-8-9-10-11-12-13-16-28(66)23-36(68)56-34-26-83-51(82)39(35(67)25-52)63-49(79)40(41(71)50(80)81)64-42(72)29(5-2)57-48(78)38(27(3)65)62-45(75)32(19-22-55)59-43(73)30(17-14-15-20-53)58-46(76)33(24-37(69)70)61-44(74)31(18-21-54)60-47(34)77/h5,27-28,30-35,38-41,65-67,71H,4,6-26,53-55H2,1-3H3,(H,56,68)(H,57,78)(H,58,76)(H,59,73)(H,60,77)(H,61,74)(H,62,75)(H,63,79)(H,64,72)(H,69,70)(H,80,81)/b29-5+/t27-,28+,30-,31+,32-,33-,34-,35+,38-,39-,40-,41-/m0/s1. The van der Waals surface area contributed by atoms with Crippen molar-refractivity contribution in [3.05, 3.63) is 11.8 Å². The number of amides is 9. The highest BCUT2D eigenvalue weighted by Crippen LogP contribution is 2.14. The van der Waals surface area contributed by atoms with E-state index in [9.17, 15) is 88.2 Å². The summed E-state index contributed by atoms with van der Waals surface area (Å²) in [5.74, 6) is -17.8. The van der Waals surface area contributed by atoms with Crippen LogP contribution in [0.3, 0.4) is 0 Å². The minimum Gasteiger partial charge on any atom is -0.481 e. The number of aliphatic carboxylic acids is 2. The highest BCUT2D eigenvalue weighted by atomic mass is 35.5. The first-order valence-corrected chi connectivity index (χ1v) is 28.2. The maximum atomic E-state index is 14.1. The molecule has 1 aliphatic rings. The molecule has 0 aromatic rings. The fourth-order valence-electron chi connectivity index (χ4n) is 8.23. The van der Waals surface area contributed by atoms with Crippen molar-refractivity contribution in [2.45, 2.75) is 203 Å². The molecule has 83 heavy (non-hydrogen) atoms. The van der Waals surface area contributed by atoms with Gasteiger partial charge in [-0.2, -0.15) is 0 Å². The molecule has 0 aliphatic carbocycles. The molecule has 0 bridgehead atoms. The van der Waals surface area contributed by atoms with Gasteiger partial charge in [-0.3, -0.25) is 47.9 Å². The molecule has 0 saturated carbocycles. The number of hydrogen-bond acceptors (Lipinski definition) is 20. The van der Waals surface area contributed by atoms with Gasteiger partial charge >= 0.3 is 17.9 Å². The van der Waals surface area contributed by atoms with Crippen LogP contribution in [0.2, 0.25) is 0 Å². The van der Waals surface area contributed by atoms with Gasteiger partial charge in [0.25, 0.3) is 5.91 Å². The Morgan fingerprint density at radius 2 is 1.13 bits per heavy atom. The molecule has 0 aromatic carbocycles. The lowest BCUT2D eigenvalue weighted by Gasteiger charge is -2.28. The molecule has 9 amide bonds. The Hall–Kier alpha value is -6.61. The van der Waals surface area contributed by atoms with Crippen LogP contribution in [-0.2, 0) is 62.3 Å². The van der Waals surface area contributed by atoms with Crippen molar-refractivity contribution < 1.29 is 92.9 Å². The lowest BCUT2D eigenvalue weighted by atomic mass is 10.0. The van der Waals surface area contributed by atoms with Gasteiger partial charge in [-0.15, -0.1) is 11.6 Å². The fraction of sp³-hybridized carbons (Fsp3) is 0.725. The maximum absolute atomic E-state index is 14.1. The average Bonchev–Trinajstić information content (AvgIpc) is 3.52. The fourth-order valence-corrected chi connectivity index (χ4v) is 8.41. The predicted molar refractivity (Wildman–Crippen MR) is 295 cm³/mol. The Kier molecular flexibility index (Phi) is 36.4. The zero-order chi connectivity index (χ0) is 62.8. The van der Waals surface area contributed by atoms with Crippen LogP contribution in [0.1, 0.15) is 130 Å². The molecule has 1 aliphatic heterocycles. The Morgan fingerprint density at radius 3 is 1.64 bits per heavy atom. The van der Waals surface area contributed by atoms with Crippen molar-refractivity contribution in [1.29, 1.82) is 0 Å². The maximum Gasteiger partial charge on any atom is 0.335 e. The molecule has 1 rings (SSSR count). The van der Waals surface area contributed by atoms with E-state index < -0.39 is 181 Å². The number of halogens is 1. The lowest BCUT2D eigenvalue weighted by molar-refractivity contribution is -0.155. The van der Waals surface area contributed by atoms with Crippen LogP contribution in [0.5, 0.6) is 0 Å². The molecule has 472 valence electrons. The van der Waals surface area contributed by atoms with Gasteiger partial charge in [0.2, 0.25) is 47.3 Å². The topological polar surface area (TPSA) is 522 Å². The van der Waals surface area contributed by atoms with Crippen molar-refractivity contribution in [3.63, 3.8) is 0 Å². The molecule has 0 radical (unpaired) electrons. The number of carbonyl (C=O) groups is 12. The number of aliphatic hydroxyl groups is 4. The molecule has 31 nitrogen and oxygen atoms in total. The number of aliphatic hydroxyl groups excluding tert-OH is 4. The molecule has 1 saturated heterocycles. The smallest absolute Gasteiger partial charge is 0.335 e. The number of unbranched alkanes of at least 4 members (excludes halogenated alkanes) is 9. The number of hydrogen-bond donors (Lipinski definition) is 18. The summed E-state index contributed by atoms with van der Waals surface area (Å²) in [5.41, 5.74) is 16.4. The van der Waals surface area contributed by atoms with Gasteiger partial charge in [0.1, 0.15) is 54.6 Å². The van der Waals surface area contributed by atoms with E-state index in [4.69, 9.17) is 33.5 Å². The molecule has 1 heterocycles. The van der Waals surface area contributed by atoms with Gasteiger partial charge < -0.3 is 100 Å². The number of rotatable bonds is 28. The van der Waals surface area contributed by atoms with E-state index in [0.29, 0.717) is 12.8 Å². The molecule has 32 heteroatoms. The summed E-state index contributed by atoms with van der Waals surface area (Å²) in [6.45, 7) is 2.61. The van der Waals surface area contributed by atoms with Gasteiger partial charge in [0.05, 0.1) is 37.0 Å². The number of ether oxygens (including phenoxy) is 1. The van der Waals surface area contributed by atoms with E-state index in [1.807, 2.05) is 10.6 Å². The van der Waals surface area contributed by atoms with Crippen LogP contribution in [0.25, 0.3) is 0 Å². The minimum absolute atomic E-state index is 0.123.